The van der Waals surface area contributed by atoms with Crippen molar-refractivity contribution in [3.63, 3.8) is 0 Å². The number of nitrogens with zero attached hydrogens (tertiary/aromatic N) is 2. The second-order valence-electron chi connectivity index (χ2n) is 7.61. The van der Waals surface area contributed by atoms with E-state index in [1.165, 1.54) is 16.9 Å². The maximum absolute atomic E-state index is 13.0. The van der Waals surface area contributed by atoms with E-state index in [-0.39, 0.29) is 5.91 Å². The molecule has 3 N–H and O–H groups in total. The summed E-state index contributed by atoms with van der Waals surface area (Å²) in [4.78, 5) is 21.6. The monoisotopic (exact) mass is 414 g/mol. The molecule has 150 valence electrons. The van der Waals surface area contributed by atoms with Gasteiger partial charge in [0.05, 0.1) is 5.69 Å². The van der Waals surface area contributed by atoms with Crippen LogP contribution in [0.1, 0.15) is 20.9 Å². The minimum atomic E-state index is -0.198. The van der Waals surface area contributed by atoms with Crippen LogP contribution in [0.15, 0.2) is 60.7 Å². The molecule has 0 saturated heterocycles. The summed E-state index contributed by atoms with van der Waals surface area (Å²) >= 11 is 1.37. The molecule has 2 aromatic heterocycles. The summed E-state index contributed by atoms with van der Waals surface area (Å²) in [6.45, 7) is 1.80. The fraction of sp³-hybridized carbons (Fsp3) is 0.167. The number of aromatic nitrogens is 1. The van der Waals surface area contributed by atoms with Gasteiger partial charge in [-0.25, -0.2) is 4.98 Å². The number of nitrogen functional groups attached to an aromatic ring is 1. The first kappa shape index (κ1) is 18.8. The summed E-state index contributed by atoms with van der Waals surface area (Å²) in [6, 6.07) is 19.7. The molecule has 6 heteroatoms. The molecule has 4 aromatic rings. The number of fused-ring (bicyclic) bond motifs is 2. The van der Waals surface area contributed by atoms with Crippen molar-refractivity contribution in [3.05, 3.63) is 76.8 Å². The van der Waals surface area contributed by atoms with Gasteiger partial charge < -0.3 is 16.0 Å². The molecule has 0 atom stereocenters. The maximum atomic E-state index is 13.0. The van der Waals surface area contributed by atoms with Crippen LogP contribution in [0.25, 0.3) is 21.3 Å². The number of thiophene rings is 1. The molecular weight excluding hydrogens is 392 g/mol. The van der Waals surface area contributed by atoms with Gasteiger partial charge in [-0.15, -0.1) is 11.3 Å². The van der Waals surface area contributed by atoms with Crippen LogP contribution < -0.4 is 11.1 Å². The lowest BCUT2D eigenvalue weighted by molar-refractivity contribution is 0.103. The third-order valence-electron chi connectivity index (χ3n) is 5.52. The fourth-order valence-electron chi connectivity index (χ4n) is 4.06. The number of anilines is 2. The number of carbonyl (C=O) groups is 1. The number of pyridine rings is 1. The SMILES string of the molecule is CN1CCc2nc3sc(C(=O)Nc4ccccc4)c(N)c3c(-c3ccccc3)c2C1. The van der Waals surface area contributed by atoms with Crippen molar-refractivity contribution in [3.8, 4) is 11.1 Å². The van der Waals surface area contributed by atoms with Gasteiger partial charge in [0.25, 0.3) is 5.91 Å². The fourth-order valence-corrected chi connectivity index (χ4v) is 5.08. The highest BCUT2D eigenvalue weighted by molar-refractivity contribution is 7.21. The molecule has 0 spiro atoms. The number of hydrogen-bond acceptors (Lipinski definition) is 5. The Morgan fingerprint density at radius 2 is 1.80 bits per heavy atom. The predicted octanol–water partition coefficient (Wildman–Crippen LogP) is 4.79. The average molecular weight is 415 g/mol. The maximum Gasteiger partial charge on any atom is 0.267 e. The van der Waals surface area contributed by atoms with E-state index in [0.29, 0.717) is 10.6 Å². The zero-order valence-electron chi connectivity index (χ0n) is 16.7. The summed E-state index contributed by atoms with van der Waals surface area (Å²) < 4.78 is 0. The minimum Gasteiger partial charge on any atom is -0.397 e. The minimum absolute atomic E-state index is 0.198. The van der Waals surface area contributed by atoms with Crippen molar-refractivity contribution in [2.45, 2.75) is 13.0 Å². The second kappa shape index (κ2) is 7.55. The van der Waals surface area contributed by atoms with Gasteiger partial charge >= 0.3 is 0 Å². The highest BCUT2D eigenvalue weighted by Gasteiger charge is 2.26. The molecule has 5 nitrogen and oxygen atoms in total. The third kappa shape index (κ3) is 3.24. The number of carbonyl (C=O) groups excluding carboxylic acids is 1. The molecule has 0 bridgehead atoms. The molecule has 0 fully saturated rings. The summed E-state index contributed by atoms with van der Waals surface area (Å²) in [5.41, 5.74) is 12.4. The predicted molar refractivity (Wildman–Crippen MR) is 124 cm³/mol. The number of hydrogen-bond donors (Lipinski definition) is 2. The van der Waals surface area contributed by atoms with E-state index in [0.717, 1.165) is 52.2 Å². The number of benzene rings is 2. The van der Waals surface area contributed by atoms with Crippen molar-refractivity contribution in [1.82, 2.24) is 9.88 Å². The molecule has 1 aliphatic heterocycles. The summed E-state index contributed by atoms with van der Waals surface area (Å²) in [7, 11) is 2.12. The van der Waals surface area contributed by atoms with Gasteiger partial charge in [-0.2, -0.15) is 0 Å². The number of rotatable bonds is 3. The van der Waals surface area contributed by atoms with Crippen molar-refractivity contribution >= 4 is 38.8 Å². The van der Waals surface area contributed by atoms with Crippen LogP contribution in [0.5, 0.6) is 0 Å². The zero-order valence-corrected chi connectivity index (χ0v) is 17.5. The Morgan fingerprint density at radius 3 is 2.53 bits per heavy atom. The molecule has 30 heavy (non-hydrogen) atoms. The first-order valence-corrected chi connectivity index (χ1v) is 10.8. The van der Waals surface area contributed by atoms with Crippen LogP contribution in [0, 0.1) is 0 Å². The number of nitrogens with two attached hydrogens (primary N) is 1. The molecule has 0 saturated carbocycles. The lowest BCUT2D eigenvalue weighted by Crippen LogP contribution is -2.27. The number of amides is 1. The first-order chi connectivity index (χ1) is 14.6. The highest BCUT2D eigenvalue weighted by Crippen LogP contribution is 2.43. The molecule has 0 unspecified atom stereocenters. The Morgan fingerprint density at radius 1 is 1.10 bits per heavy atom. The Kier molecular flexibility index (Phi) is 4.73. The van der Waals surface area contributed by atoms with Crippen molar-refractivity contribution in [2.24, 2.45) is 0 Å². The topological polar surface area (TPSA) is 71.2 Å². The summed E-state index contributed by atoms with van der Waals surface area (Å²) in [6.07, 6.45) is 0.894. The standard InChI is InChI=1S/C24H22N4OS/c1-28-13-12-18-17(14-28)19(15-8-4-2-5-9-15)20-21(25)22(30-24(20)27-18)23(29)26-16-10-6-3-7-11-16/h2-11H,12-14,25H2,1H3,(H,26,29). The second-order valence-corrected chi connectivity index (χ2v) is 8.61. The molecule has 2 aromatic carbocycles. The Hall–Kier alpha value is -3.22. The van der Waals surface area contributed by atoms with Gasteiger partial charge in [0, 0.05) is 41.8 Å². The lowest BCUT2D eigenvalue weighted by Gasteiger charge is -2.27. The van der Waals surface area contributed by atoms with E-state index < -0.39 is 0 Å². The molecular formula is C24H22N4OS. The van der Waals surface area contributed by atoms with E-state index >= 15 is 0 Å². The average Bonchev–Trinajstić information content (AvgIpc) is 3.10. The Bertz CT molecular complexity index is 1230. The van der Waals surface area contributed by atoms with E-state index in [4.69, 9.17) is 10.7 Å². The smallest absolute Gasteiger partial charge is 0.267 e. The highest BCUT2D eigenvalue weighted by atomic mass is 32.1. The van der Waals surface area contributed by atoms with Crippen LogP contribution in [0.2, 0.25) is 0 Å². The first-order valence-electron chi connectivity index (χ1n) is 9.96. The molecule has 5 rings (SSSR count). The molecule has 3 heterocycles. The van der Waals surface area contributed by atoms with Gasteiger partial charge in [0.15, 0.2) is 0 Å². The van der Waals surface area contributed by atoms with Crippen molar-refractivity contribution in [1.29, 1.82) is 0 Å². The van der Waals surface area contributed by atoms with Gasteiger partial charge in [-0.3, -0.25) is 4.79 Å². The van der Waals surface area contributed by atoms with Crippen LogP contribution in [0.4, 0.5) is 11.4 Å². The number of likely N-dealkylation sites (N-methyl/N-ethyl adjacent to an activating group) is 1. The van der Waals surface area contributed by atoms with E-state index in [1.807, 2.05) is 48.5 Å². The summed E-state index contributed by atoms with van der Waals surface area (Å²) in [5, 5.41) is 3.84. The molecule has 1 aliphatic rings. The normalized spacial score (nSPS) is 13.9. The van der Waals surface area contributed by atoms with E-state index in [9.17, 15) is 4.79 Å². The molecule has 0 radical (unpaired) electrons. The van der Waals surface area contributed by atoms with Gasteiger partial charge in [0.2, 0.25) is 0 Å². The molecule has 0 aliphatic carbocycles. The van der Waals surface area contributed by atoms with Gasteiger partial charge in [0.1, 0.15) is 9.71 Å². The Balaban J connectivity index is 1.70. The Labute approximate surface area is 179 Å². The van der Waals surface area contributed by atoms with E-state index in [1.54, 1.807) is 0 Å². The number of para-hydroxylation sites is 1. The van der Waals surface area contributed by atoms with E-state index in [2.05, 4.69) is 29.4 Å². The van der Waals surface area contributed by atoms with Gasteiger partial charge in [-0.05, 0) is 30.3 Å². The zero-order chi connectivity index (χ0) is 20.7. The van der Waals surface area contributed by atoms with Crippen LogP contribution in [-0.4, -0.2) is 29.4 Å². The summed E-state index contributed by atoms with van der Waals surface area (Å²) in [5.74, 6) is -0.198. The van der Waals surface area contributed by atoms with Gasteiger partial charge in [-0.1, -0.05) is 48.5 Å². The van der Waals surface area contributed by atoms with Crippen molar-refractivity contribution in [2.75, 3.05) is 24.6 Å². The van der Waals surface area contributed by atoms with Crippen molar-refractivity contribution < 1.29 is 4.79 Å². The largest absolute Gasteiger partial charge is 0.397 e. The van der Waals surface area contributed by atoms with Crippen LogP contribution >= 0.6 is 11.3 Å². The number of nitrogens with one attached hydrogen (secondary N) is 1. The van der Waals surface area contributed by atoms with Crippen LogP contribution in [-0.2, 0) is 13.0 Å². The van der Waals surface area contributed by atoms with Crippen LogP contribution in [0.3, 0.4) is 0 Å². The molecule has 1 amide bonds. The quantitative estimate of drug-likeness (QED) is 0.506. The lowest BCUT2D eigenvalue weighted by atomic mass is 9.92. The third-order valence-corrected chi connectivity index (χ3v) is 6.62.